The smallest absolute Gasteiger partial charge is 0.119 e. The molecule has 0 bridgehead atoms. The Balaban J connectivity index is 1.49. The number of aryl methyl sites for hydroxylation is 2. The lowest BCUT2D eigenvalue weighted by atomic mass is 10.1. The highest BCUT2D eigenvalue weighted by atomic mass is 16.5. The molecule has 0 atom stereocenters. The highest BCUT2D eigenvalue weighted by Crippen LogP contribution is 2.28. The zero-order valence-corrected chi connectivity index (χ0v) is 18.6. The summed E-state index contributed by atoms with van der Waals surface area (Å²) in [5.41, 5.74) is 7.43. The van der Waals surface area contributed by atoms with E-state index in [0.717, 1.165) is 12.2 Å². The van der Waals surface area contributed by atoms with Gasteiger partial charge in [-0.15, -0.1) is 0 Å². The van der Waals surface area contributed by atoms with Crippen molar-refractivity contribution in [3.8, 4) is 22.7 Å². The van der Waals surface area contributed by atoms with Gasteiger partial charge >= 0.3 is 0 Å². The Labute approximate surface area is 186 Å². The summed E-state index contributed by atoms with van der Waals surface area (Å²) >= 11 is 0. The molecule has 2 heteroatoms. The van der Waals surface area contributed by atoms with Crippen LogP contribution in [-0.2, 0) is 13.0 Å². The minimum absolute atomic E-state index is 0.584. The van der Waals surface area contributed by atoms with Gasteiger partial charge in [0.05, 0.1) is 5.69 Å². The molecule has 0 aliphatic rings. The largest absolute Gasteiger partial charge is 0.489 e. The van der Waals surface area contributed by atoms with Crippen molar-refractivity contribution >= 4 is 0 Å². The molecule has 1 heterocycles. The fraction of sp³-hybridized carbons (Fsp3) is 0.241. The first-order valence-corrected chi connectivity index (χ1v) is 11.3. The first-order chi connectivity index (χ1) is 15.2. The molecule has 0 N–H and O–H groups in total. The van der Waals surface area contributed by atoms with E-state index in [-0.39, 0.29) is 0 Å². The fourth-order valence-corrected chi connectivity index (χ4v) is 3.96. The fourth-order valence-electron chi connectivity index (χ4n) is 3.96. The van der Waals surface area contributed by atoms with Gasteiger partial charge in [-0.25, -0.2) is 0 Å². The second-order valence-corrected chi connectivity index (χ2v) is 8.12. The molecule has 31 heavy (non-hydrogen) atoms. The molecule has 3 aromatic carbocycles. The minimum Gasteiger partial charge on any atom is -0.489 e. The number of rotatable bonds is 9. The van der Waals surface area contributed by atoms with E-state index in [4.69, 9.17) is 4.74 Å². The third-order valence-electron chi connectivity index (χ3n) is 5.74. The van der Waals surface area contributed by atoms with Gasteiger partial charge in [-0.3, -0.25) is 0 Å². The molecule has 0 saturated heterocycles. The van der Waals surface area contributed by atoms with Gasteiger partial charge in [0.15, 0.2) is 0 Å². The van der Waals surface area contributed by atoms with Crippen LogP contribution < -0.4 is 4.74 Å². The second-order valence-electron chi connectivity index (χ2n) is 8.12. The predicted octanol–water partition coefficient (Wildman–Crippen LogP) is 7.76. The van der Waals surface area contributed by atoms with Crippen LogP contribution in [0.5, 0.6) is 5.75 Å². The molecule has 2 nitrogen and oxygen atoms in total. The van der Waals surface area contributed by atoms with Crippen LogP contribution in [0.1, 0.15) is 43.0 Å². The zero-order chi connectivity index (χ0) is 21.5. The summed E-state index contributed by atoms with van der Waals surface area (Å²) in [6.07, 6.45) is 4.99. The first-order valence-electron chi connectivity index (χ1n) is 11.3. The number of ether oxygens (including phenoxy) is 1. The van der Waals surface area contributed by atoms with Crippen LogP contribution in [0.4, 0.5) is 0 Å². The van der Waals surface area contributed by atoms with Crippen molar-refractivity contribution in [2.24, 2.45) is 0 Å². The monoisotopic (exact) mass is 409 g/mol. The lowest BCUT2D eigenvalue weighted by Gasteiger charge is -2.14. The molecular formula is C29H31NO. The summed E-state index contributed by atoms with van der Waals surface area (Å²) in [5.74, 6) is 0.888. The van der Waals surface area contributed by atoms with Crippen LogP contribution in [0.25, 0.3) is 16.9 Å². The molecule has 4 rings (SSSR count). The predicted molar refractivity (Wildman–Crippen MR) is 130 cm³/mol. The van der Waals surface area contributed by atoms with Gasteiger partial charge in [0.1, 0.15) is 12.4 Å². The maximum absolute atomic E-state index is 5.95. The van der Waals surface area contributed by atoms with Crippen molar-refractivity contribution in [3.05, 3.63) is 108 Å². The molecule has 0 spiro atoms. The quantitative estimate of drug-likeness (QED) is 0.258. The Hall–Kier alpha value is -3.26. The van der Waals surface area contributed by atoms with E-state index >= 15 is 0 Å². The average molecular weight is 410 g/mol. The summed E-state index contributed by atoms with van der Waals surface area (Å²) in [6, 6.07) is 32.1. The maximum atomic E-state index is 5.95. The van der Waals surface area contributed by atoms with E-state index in [1.807, 2.05) is 18.2 Å². The SMILES string of the molecule is CCCCCc1ccc(-n2c(C)ccc2-c2ccc(OCc3ccccc3)cc2)cc1. The number of aromatic nitrogens is 1. The Morgan fingerprint density at radius 2 is 1.45 bits per heavy atom. The Morgan fingerprint density at radius 1 is 0.710 bits per heavy atom. The van der Waals surface area contributed by atoms with Crippen LogP contribution >= 0.6 is 0 Å². The topological polar surface area (TPSA) is 14.2 Å². The molecule has 0 saturated carbocycles. The van der Waals surface area contributed by atoms with E-state index in [1.165, 1.54) is 53.0 Å². The Kier molecular flexibility index (Phi) is 6.89. The molecule has 0 radical (unpaired) electrons. The van der Waals surface area contributed by atoms with E-state index in [9.17, 15) is 0 Å². The number of nitrogens with zero attached hydrogens (tertiary/aromatic N) is 1. The normalized spacial score (nSPS) is 10.9. The van der Waals surface area contributed by atoms with E-state index in [0.29, 0.717) is 6.61 Å². The van der Waals surface area contributed by atoms with Crippen LogP contribution in [0.15, 0.2) is 91.0 Å². The van der Waals surface area contributed by atoms with Crippen LogP contribution in [0.2, 0.25) is 0 Å². The third-order valence-corrected chi connectivity index (χ3v) is 5.74. The second kappa shape index (κ2) is 10.2. The standard InChI is InChI=1S/C29H31NO/c1-3-4-6-9-24-13-17-27(18-14-24)30-23(2)12-21-29(30)26-15-19-28(20-16-26)31-22-25-10-7-5-8-11-25/h5,7-8,10-21H,3-4,6,9,22H2,1-2H3. The average Bonchev–Trinajstić information content (AvgIpc) is 3.21. The van der Waals surface area contributed by atoms with E-state index in [1.54, 1.807) is 0 Å². The number of unbranched alkanes of at least 4 members (excludes halogenated alkanes) is 2. The van der Waals surface area contributed by atoms with Gasteiger partial charge in [0.2, 0.25) is 0 Å². The molecular weight excluding hydrogens is 378 g/mol. The van der Waals surface area contributed by atoms with Gasteiger partial charge in [-0.2, -0.15) is 0 Å². The minimum atomic E-state index is 0.584. The summed E-state index contributed by atoms with van der Waals surface area (Å²) in [5, 5.41) is 0. The molecule has 0 amide bonds. The van der Waals surface area contributed by atoms with Crippen molar-refractivity contribution in [1.82, 2.24) is 4.57 Å². The summed E-state index contributed by atoms with van der Waals surface area (Å²) in [4.78, 5) is 0. The first kappa shape index (κ1) is 21.0. The molecule has 0 aliphatic heterocycles. The summed E-state index contributed by atoms with van der Waals surface area (Å²) < 4.78 is 8.28. The van der Waals surface area contributed by atoms with Crippen molar-refractivity contribution in [2.45, 2.75) is 46.1 Å². The maximum Gasteiger partial charge on any atom is 0.119 e. The highest BCUT2D eigenvalue weighted by Gasteiger charge is 2.10. The number of hydrogen-bond donors (Lipinski definition) is 0. The lowest BCUT2D eigenvalue weighted by Crippen LogP contribution is -2.00. The highest BCUT2D eigenvalue weighted by molar-refractivity contribution is 5.65. The summed E-state index contributed by atoms with van der Waals surface area (Å²) in [7, 11) is 0. The lowest BCUT2D eigenvalue weighted by molar-refractivity contribution is 0.306. The molecule has 0 aliphatic carbocycles. The van der Waals surface area contributed by atoms with E-state index < -0.39 is 0 Å². The van der Waals surface area contributed by atoms with Gasteiger partial charge in [-0.1, -0.05) is 62.2 Å². The van der Waals surface area contributed by atoms with Crippen molar-refractivity contribution < 1.29 is 4.74 Å². The molecule has 1 aromatic heterocycles. The zero-order valence-electron chi connectivity index (χ0n) is 18.6. The van der Waals surface area contributed by atoms with Crippen LogP contribution in [-0.4, -0.2) is 4.57 Å². The number of benzene rings is 3. The van der Waals surface area contributed by atoms with Crippen molar-refractivity contribution in [2.75, 3.05) is 0 Å². The summed E-state index contributed by atoms with van der Waals surface area (Å²) in [6.45, 7) is 5.00. The van der Waals surface area contributed by atoms with Gasteiger partial charge in [0, 0.05) is 11.4 Å². The van der Waals surface area contributed by atoms with Crippen LogP contribution in [0, 0.1) is 6.92 Å². The Morgan fingerprint density at radius 3 is 2.16 bits per heavy atom. The van der Waals surface area contributed by atoms with Gasteiger partial charge in [0.25, 0.3) is 0 Å². The molecule has 0 unspecified atom stereocenters. The molecule has 4 aromatic rings. The van der Waals surface area contributed by atoms with Crippen molar-refractivity contribution in [3.63, 3.8) is 0 Å². The third kappa shape index (κ3) is 5.27. The molecule has 0 fully saturated rings. The number of hydrogen-bond acceptors (Lipinski definition) is 1. The van der Waals surface area contributed by atoms with Gasteiger partial charge in [-0.05, 0) is 85.0 Å². The van der Waals surface area contributed by atoms with Crippen molar-refractivity contribution in [1.29, 1.82) is 0 Å². The van der Waals surface area contributed by atoms with Crippen LogP contribution in [0.3, 0.4) is 0 Å². The Bertz CT molecular complexity index is 1080. The van der Waals surface area contributed by atoms with E-state index in [2.05, 4.69) is 91.2 Å². The molecule has 158 valence electrons. The van der Waals surface area contributed by atoms with Gasteiger partial charge < -0.3 is 9.30 Å².